The first kappa shape index (κ1) is 9.32. The summed E-state index contributed by atoms with van der Waals surface area (Å²) in [6, 6.07) is -0.0614. The van der Waals surface area contributed by atoms with Gasteiger partial charge in [0.05, 0.1) is 6.10 Å². The van der Waals surface area contributed by atoms with Crippen LogP contribution >= 0.6 is 0 Å². The number of hydrogen-bond donors (Lipinski definition) is 3. The Morgan fingerprint density at radius 2 is 2.17 bits per heavy atom. The minimum atomic E-state index is -0.998. The summed E-state index contributed by atoms with van der Waals surface area (Å²) >= 11 is 0. The highest BCUT2D eigenvalue weighted by molar-refractivity contribution is 5.64. The van der Waals surface area contributed by atoms with Gasteiger partial charge in [-0.1, -0.05) is 6.92 Å². The largest absolute Gasteiger partial charge is 0.465 e. The number of aliphatic hydroxyl groups excluding tert-OH is 1. The lowest BCUT2D eigenvalue weighted by Gasteiger charge is -2.30. The second-order valence-corrected chi connectivity index (χ2v) is 3.50. The lowest BCUT2D eigenvalue weighted by atomic mass is 9.85. The Morgan fingerprint density at radius 3 is 2.67 bits per heavy atom. The monoisotopic (exact) mass is 173 g/mol. The molecule has 3 atom stereocenters. The summed E-state index contributed by atoms with van der Waals surface area (Å²) in [6.07, 6.45) is 0.932. The van der Waals surface area contributed by atoms with E-state index < -0.39 is 6.09 Å². The van der Waals surface area contributed by atoms with Crippen molar-refractivity contribution in [3.05, 3.63) is 0 Å². The van der Waals surface area contributed by atoms with Crippen molar-refractivity contribution < 1.29 is 15.0 Å². The standard InChI is InChI=1S/C8H15NO3/c1-5-2-3-6(4-7(5)10)9-8(11)12/h5-7,9-10H,2-4H2,1H3,(H,11,12)/t5-,6+,7-/m1/s1. The van der Waals surface area contributed by atoms with Gasteiger partial charge in [0.15, 0.2) is 0 Å². The number of carboxylic acid groups (broad SMARTS) is 1. The minimum absolute atomic E-state index is 0.0614. The summed E-state index contributed by atoms with van der Waals surface area (Å²) < 4.78 is 0. The maximum Gasteiger partial charge on any atom is 0.404 e. The van der Waals surface area contributed by atoms with Crippen LogP contribution in [0.15, 0.2) is 0 Å². The Hall–Kier alpha value is -0.770. The minimum Gasteiger partial charge on any atom is -0.465 e. The van der Waals surface area contributed by atoms with Gasteiger partial charge in [-0.25, -0.2) is 4.79 Å². The molecule has 1 amide bonds. The van der Waals surface area contributed by atoms with Crippen molar-refractivity contribution >= 4 is 6.09 Å². The van der Waals surface area contributed by atoms with Gasteiger partial charge in [0.25, 0.3) is 0 Å². The van der Waals surface area contributed by atoms with Gasteiger partial charge in [0.1, 0.15) is 0 Å². The average Bonchev–Trinajstić information content (AvgIpc) is 1.96. The van der Waals surface area contributed by atoms with E-state index in [0.717, 1.165) is 12.8 Å². The Morgan fingerprint density at radius 1 is 1.50 bits per heavy atom. The molecule has 0 heterocycles. The molecule has 1 aliphatic rings. The summed E-state index contributed by atoms with van der Waals surface area (Å²) in [5.74, 6) is 0.303. The zero-order valence-electron chi connectivity index (χ0n) is 7.16. The molecule has 4 nitrogen and oxygen atoms in total. The van der Waals surface area contributed by atoms with E-state index in [0.29, 0.717) is 12.3 Å². The molecule has 0 aliphatic heterocycles. The molecular formula is C8H15NO3. The zero-order valence-corrected chi connectivity index (χ0v) is 7.16. The van der Waals surface area contributed by atoms with Crippen LogP contribution in [0.2, 0.25) is 0 Å². The number of carbonyl (C=O) groups is 1. The van der Waals surface area contributed by atoms with Crippen molar-refractivity contribution in [1.82, 2.24) is 5.32 Å². The Balaban J connectivity index is 2.35. The molecule has 0 aromatic heterocycles. The fraction of sp³-hybridized carbons (Fsp3) is 0.875. The summed E-state index contributed by atoms with van der Waals surface area (Å²) in [5, 5.41) is 20.2. The van der Waals surface area contributed by atoms with Crippen molar-refractivity contribution in [3.8, 4) is 0 Å². The van der Waals surface area contributed by atoms with Crippen molar-refractivity contribution in [2.24, 2.45) is 5.92 Å². The number of aliphatic hydroxyl groups is 1. The highest BCUT2D eigenvalue weighted by Crippen LogP contribution is 2.23. The predicted molar refractivity (Wildman–Crippen MR) is 44.0 cm³/mol. The fourth-order valence-electron chi connectivity index (χ4n) is 1.60. The number of nitrogens with one attached hydrogen (secondary N) is 1. The molecule has 1 rings (SSSR count). The first-order valence-electron chi connectivity index (χ1n) is 4.27. The molecule has 70 valence electrons. The lowest BCUT2D eigenvalue weighted by Crippen LogP contribution is -2.41. The third kappa shape index (κ3) is 2.37. The van der Waals surface area contributed by atoms with Gasteiger partial charge < -0.3 is 15.5 Å². The molecule has 12 heavy (non-hydrogen) atoms. The molecule has 1 saturated carbocycles. The van der Waals surface area contributed by atoms with E-state index in [9.17, 15) is 9.90 Å². The Bertz CT molecular complexity index is 172. The fourth-order valence-corrected chi connectivity index (χ4v) is 1.60. The van der Waals surface area contributed by atoms with Gasteiger partial charge in [0.2, 0.25) is 0 Å². The van der Waals surface area contributed by atoms with Crippen LogP contribution < -0.4 is 5.32 Å². The third-order valence-electron chi connectivity index (χ3n) is 2.48. The van der Waals surface area contributed by atoms with Crippen LogP contribution in [0.25, 0.3) is 0 Å². The maximum absolute atomic E-state index is 10.3. The summed E-state index contributed by atoms with van der Waals surface area (Å²) in [4.78, 5) is 10.3. The number of amides is 1. The average molecular weight is 173 g/mol. The van der Waals surface area contributed by atoms with Gasteiger partial charge in [-0.05, 0) is 25.2 Å². The van der Waals surface area contributed by atoms with Crippen LogP contribution in [0.5, 0.6) is 0 Å². The first-order valence-corrected chi connectivity index (χ1v) is 4.27. The van der Waals surface area contributed by atoms with E-state index >= 15 is 0 Å². The van der Waals surface area contributed by atoms with Gasteiger partial charge in [-0.15, -0.1) is 0 Å². The van der Waals surface area contributed by atoms with Crippen LogP contribution in [-0.4, -0.2) is 28.5 Å². The van der Waals surface area contributed by atoms with E-state index in [2.05, 4.69) is 5.32 Å². The quantitative estimate of drug-likeness (QED) is 0.549. The zero-order chi connectivity index (χ0) is 9.14. The van der Waals surface area contributed by atoms with Crippen molar-refractivity contribution in [1.29, 1.82) is 0 Å². The first-order chi connectivity index (χ1) is 5.59. The normalized spacial score (nSPS) is 36.0. The van der Waals surface area contributed by atoms with Crippen LogP contribution in [-0.2, 0) is 0 Å². The SMILES string of the molecule is C[C@@H]1CC[C@H](NC(=O)O)C[C@H]1O. The van der Waals surface area contributed by atoms with E-state index in [1.165, 1.54) is 0 Å². The molecule has 0 radical (unpaired) electrons. The summed E-state index contributed by atoms with van der Waals surface area (Å²) in [7, 11) is 0. The van der Waals surface area contributed by atoms with Crippen LogP contribution in [0.3, 0.4) is 0 Å². The van der Waals surface area contributed by atoms with Gasteiger partial charge >= 0.3 is 6.09 Å². The molecule has 4 heteroatoms. The Labute approximate surface area is 71.6 Å². The smallest absolute Gasteiger partial charge is 0.404 e. The Kier molecular flexibility index (Phi) is 2.92. The molecular weight excluding hydrogens is 158 g/mol. The van der Waals surface area contributed by atoms with Crippen LogP contribution in [0, 0.1) is 5.92 Å². The van der Waals surface area contributed by atoms with Gasteiger partial charge in [-0.3, -0.25) is 0 Å². The molecule has 0 aromatic rings. The molecule has 0 aromatic carbocycles. The second kappa shape index (κ2) is 3.76. The maximum atomic E-state index is 10.3. The van der Waals surface area contributed by atoms with Crippen molar-refractivity contribution in [2.75, 3.05) is 0 Å². The molecule has 1 aliphatic carbocycles. The number of hydrogen-bond acceptors (Lipinski definition) is 2. The van der Waals surface area contributed by atoms with E-state index in [1.807, 2.05) is 6.92 Å². The molecule has 0 unspecified atom stereocenters. The third-order valence-corrected chi connectivity index (χ3v) is 2.48. The molecule has 1 fully saturated rings. The highest BCUT2D eigenvalue weighted by atomic mass is 16.4. The van der Waals surface area contributed by atoms with Gasteiger partial charge in [-0.2, -0.15) is 0 Å². The summed E-state index contributed by atoms with van der Waals surface area (Å²) in [5.41, 5.74) is 0. The molecule has 3 N–H and O–H groups in total. The molecule has 0 spiro atoms. The van der Waals surface area contributed by atoms with Crippen LogP contribution in [0.4, 0.5) is 4.79 Å². The topological polar surface area (TPSA) is 69.6 Å². The van der Waals surface area contributed by atoms with Gasteiger partial charge in [0, 0.05) is 6.04 Å². The van der Waals surface area contributed by atoms with Crippen molar-refractivity contribution in [2.45, 2.75) is 38.3 Å². The van der Waals surface area contributed by atoms with Crippen LogP contribution in [0.1, 0.15) is 26.2 Å². The van der Waals surface area contributed by atoms with E-state index in [4.69, 9.17) is 5.11 Å². The second-order valence-electron chi connectivity index (χ2n) is 3.50. The lowest BCUT2D eigenvalue weighted by molar-refractivity contribution is 0.0634. The molecule has 0 saturated heterocycles. The van der Waals surface area contributed by atoms with E-state index in [-0.39, 0.29) is 12.1 Å². The number of rotatable bonds is 1. The summed E-state index contributed by atoms with van der Waals surface area (Å²) in [6.45, 7) is 1.99. The molecule has 0 bridgehead atoms. The van der Waals surface area contributed by atoms with E-state index in [1.54, 1.807) is 0 Å². The van der Waals surface area contributed by atoms with Crippen molar-refractivity contribution in [3.63, 3.8) is 0 Å². The predicted octanol–water partition coefficient (Wildman–Crippen LogP) is 0.804. The highest BCUT2D eigenvalue weighted by Gasteiger charge is 2.26.